The zero-order valence-electron chi connectivity index (χ0n) is 17.1. The van der Waals surface area contributed by atoms with Crippen LogP contribution in [0.3, 0.4) is 0 Å². The van der Waals surface area contributed by atoms with E-state index in [1.165, 1.54) is 0 Å². The molecule has 0 rings (SSSR count). The molecule has 0 aromatic carbocycles. The smallest absolute Gasteiger partial charge is 0.548 e. The predicted molar refractivity (Wildman–Crippen MR) is 104 cm³/mol. The van der Waals surface area contributed by atoms with Gasteiger partial charge in [-0.15, -0.1) is 0 Å². The number of carbonyl (C=O) groups excluding carboxylic acids is 4. The number of amides is 2. The molecule has 32 heavy (non-hydrogen) atoms. The molecule has 0 spiro atoms. The van der Waals surface area contributed by atoms with E-state index < -0.39 is 67.6 Å². The summed E-state index contributed by atoms with van der Waals surface area (Å²) in [5.41, 5.74) is 0. The predicted octanol–water partition coefficient (Wildman–Crippen LogP) is -11.1. The summed E-state index contributed by atoms with van der Waals surface area (Å²) in [7, 11) is -8.97. The molecule has 0 aliphatic rings. The van der Waals surface area contributed by atoms with Gasteiger partial charge in [-0.05, 0) is 11.5 Å². The fraction of sp³-hybridized carbons (Fsp3) is 0.667. The Kier molecular flexibility index (Phi) is 24.4. The van der Waals surface area contributed by atoms with Gasteiger partial charge in [-0.2, -0.15) is 42.1 Å². The molecule has 4 N–H and O–H groups in total. The Bertz CT molecular complexity index is 754. The molecule has 0 aliphatic carbocycles. The zero-order valence-corrected chi connectivity index (χ0v) is 24.5. The van der Waals surface area contributed by atoms with Gasteiger partial charge in [0.1, 0.15) is 11.5 Å². The second-order valence-corrected chi connectivity index (χ2v) is 9.21. The van der Waals surface area contributed by atoms with Crippen LogP contribution in [0.25, 0.3) is 0 Å². The van der Waals surface area contributed by atoms with Crippen molar-refractivity contribution in [1.29, 1.82) is 0 Å². The molecule has 2 amide bonds. The van der Waals surface area contributed by atoms with Gasteiger partial charge >= 0.3 is 59.1 Å². The Morgan fingerprint density at radius 3 is 1.12 bits per heavy atom. The maximum Gasteiger partial charge on any atom is 1.00 e. The number of nitrogens with one attached hydrogen (secondary N) is 2. The van der Waals surface area contributed by atoms with Gasteiger partial charge in [0.05, 0.1) is 24.0 Å². The van der Waals surface area contributed by atoms with E-state index in [4.69, 9.17) is 9.11 Å². The van der Waals surface area contributed by atoms with Crippen LogP contribution < -0.4 is 80.0 Å². The third-order valence-corrected chi connectivity index (χ3v) is 4.63. The normalized spacial score (nSPS) is 12.4. The molecule has 20 heteroatoms. The molecule has 0 fully saturated rings. The minimum absolute atomic E-state index is 0. The van der Waals surface area contributed by atoms with Crippen LogP contribution in [0.5, 0.6) is 0 Å². The molecule has 0 aliphatic heterocycles. The Labute approximate surface area is 239 Å². The van der Waals surface area contributed by atoms with Crippen molar-refractivity contribution >= 4 is 69.2 Å². The van der Waals surface area contributed by atoms with E-state index in [0.717, 1.165) is 0 Å². The van der Waals surface area contributed by atoms with Gasteiger partial charge in [0.15, 0.2) is 0 Å². The number of hydrogen-bond acceptors (Lipinski definition) is 12. The van der Waals surface area contributed by atoms with Gasteiger partial charge in [0, 0.05) is 12.8 Å². The third-order valence-electron chi connectivity index (χ3n) is 2.67. The molecule has 0 saturated carbocycles. The van der Waals surface area contributed by atoms with Crippen LogP contribution in [-0.4, -0.2) is 84.8 Å². The largest absolute Gasteiger partial charge is 1.00 e. The molecule has 0 bridgehead atoms. The average molecular weight is 559 g/mol. The average Bonchev–Trinajstić information content (AvgIpc) is 2.52. The van der Waals surface area contributed by atoms with Crippen LogP contribution >= 0.6 is 25.3 Å². The van der Waals surface area contributed by atoms with E-state index >= 15 is 0 Å². The second kappa shape index (κ2) is 19.7. The number of carboxylic acid groups (broad SMARTS) is 2. The maximum atomic E-state index is 10.9. The number of aliphatic carboxylic acids is 2. The van der Waals surface area contributed by atoms with Gasteiger partial charge in [-0.25, -0.2) is 0 Å². The Morgan fingerprint density at radius 1 is 0.719 bits per heavy atom. The van der Waals surface area contributed by atoms with E-state index in [9.17, 15) is 46.2 Å². The van der Waals surface area contributed by atoms with E-state index in [0.29, 0.717) is 0 Å². The van der Waals surface area contributed by atoms with E-state index in [1.54, 1.807) is 0 Å². The SMILES string of the molecule is O=C(CCS)NC(CS(=O)(=O)O)C(=O)[O-].O=C(CCS)NC(CS(=O)(=O)O)C(=O)[O-].[Na+].[Na+]. The molecule has 2 atom stereocenters. The maximum absolute atomic E-state index is 10.9. The molecule has 176 valence electrons. The molecule has 0 saturated heterocycles. The monoisotopic (exact) mass is 558 g/mol. The van der Waals surface area contributed by atoms with Crippen LogP contribution in [0.2, 0.25) is 0 Å². The van der Waals surface area contributed by atoms with Crippen molar-refractivity contribution in [2.24, 2.45) is 0 Å². The minimum Gasteiger partial charge on any atom is -0.548 e. The van der Waals surface area contributed by atoms with Crippen LogP contribution in [0.4, 0.5) is 0 Å². The fourth-order valence-electron chi connectivity index (χ4n) is 1.49. The first-order chi connectivity index (χ1) is 13.5. The van der Waals surface area contributed by atoms with Gasteiger partial charge in [-0.3, -0.25) is 18.7 Å². The minimum atomic E-state index is -4.48. The van der Waals surface area contributed by atoms with Crippen molar-refractivity contribution in [3.63, 3.8) is 0 Å². The van der Waals surface area contributed by atoms with E-state index in [1.807, 2.05) is 10.6 Å². The van der Waals surface area contributed by atoms with Crippen molar-refractivity contribution in [2.45, 2.75) is 24.9 Å². The molecular weight excluding hydrogens is 538 g/mol. The van der Waals surface area contributed by atoms with Gasteiger partial charge in [0.2, 0.25) is 11.8 Å². The Hall–Kier alpha value is 0.400. The van der Waals surface area contributed by atoms with E-state index in [-0.39, 0.29) is 83.5 Å². The first kappa shape index (κ1) is 39.6. The van der Waals surface area contributed by atoms with Crippen LogP contribution in [0.15, 0.2) is 0 Å². The van der Waals surface area contributed by atoms with Crippen molar-refractivity contribution in [1.82, 2.24) is 10.6 Å². The van der Waals surface area contributed by atoms with Crippen molar-refractivity contribution in [2.75, 3.05) is 23.0 Å². The summed E-state index contributed by atoms with van der Waals surface area (Å²) in [5.74, 6) is -6.76. The summed E-state index contributed by atoms with van der Waals surface area (Å²) in [6.07, 6.45) is -0.114. The first-order valence-electron chi connectivity index (χ1n) is 7.64. The summed E-state index contributed by atoms with van der Waals surface area (Å²) < 4.78 is 58.3. The molecule has 14 nitrogen and oxygen atoms in total. The molecule has 0 aromatic heterocycles. The second-order valence-electron chi connectivity index (χ2n) is 5.32. The topological polar surface area (TPSA) is 247 Å². The van der Waals surface area contributed by atoms with Gasteiger partial charge in [0.25, 0.3) is 20.2 Å². The zero-order chi connectivity index (χ0) is 24.1. The van der Waals surface area contributed by atoms with Crippen molar-refractivity contribution < 1.29 is 114 Å². The number of carbonyl (C=O) groups is 4. The molecule has 0 heterocycles. The molecule has 0 radical (unpaired) electrons. The summed E-state index contributed by atoms with van der Waals surface area (Å²) in [6.45, 7) is 0. The summed E-state index contributed by atoms with van der Waals surface area (Å²) >= 11 is 7.46. The molecule has 2 unspecified atom stereocenters. The summed E-state index contributed by atoms with van der Waals surface area (Å²) in [6, 6.07) is -3.51. The van der Waals surface area contributed by atoms with E-state index in [2.05, 4.69) is 25.3 Å². The summed E-state index contributed by atoms with van der Waals surface area (Å²) in [5, 5.41) is 24.6. The van der Waals surface area contributed by atoms with Crippen LogP contribution in [0, 0.1) is 0 Å². The summed E-state index contributed by atoms with van der Waals surface area (Å²) in [4.78, 5) is 42.6. The van der Waals surface area contributed by atoms with Gasteiger partial charge < -0.3 is 30.4 Å². The quantitative estimate of drug-likeness (QED) is 0.0742. The van der Waals surface area contributed by atoms with Crippen LogP contribution in [-0.2, 0) is 39.4 Å². The number of thiol groups is 2. The molecule has 0 aromatic rings. The fourth-order valence-corrected chi connectivity index (χ4v) is 3.18. The number of hydrogen-bond donors (Lipinski definition) is 6. The van der Waals surface area contributed by atoms with Crippen molar-refractivity contribution in [3.05, 3.63) is 0 Å². The van der Waals surface area contributed by atoms with Gasteiger partial charge in [-0.1, -0.05) is 0 Å². The first-order valence-corrected chi connectivity index (χ1v) is 12.1. The third kappa shape index (κ3) is 25.0. The van der Waals surface area contributed by atoms with Crippen LogP contribution in [0.1, 0.15) is 12.8 Å². The molecular formula is C12H20N2Na2O12S4. The number of rotatable bonds is 12. The van der Waals surface area contributed by atoms with Crippen molar-refractivity contribution in [3.8, 4) is 0 Å². The Morgan fingerprint density at radius 2 is 0.969 bits per heavy atom. The number of carboxylic acids is 2. The standard InChI is InChI=1S/2C6H11NO6S2.2Na/c2*8-5(1-2-14)7-4(6(9)10)3-15(11,12)13;;/h2*4,14H,1-3H2,(H,7,8)(H,9,10)(H,11,12,13);;/q;;2*+1/p-2. The Balaban J connectivity index is -0.000000231.